The summed E-state index contributed by atoms with van der Waals surface area (Å²) in [5.41, 5.74) is 1.67. The topological polar surface area (TPSA) is 28.7 Å². The Morgan fingerprint density at radius 3 is 2.92 bits per heavy atom. The fourth-order valence-electron chi connectivity index (χ4n) is 0.988. The van der Waals surface area contributed by atoms with E-state index in [9.17, 15) is 0 Å². The van der Waals surface area contributed by atoms with Gasteiger partial charge in [-0.15, -0.1) is 0 Å². The monoisotopic (exact) mass is 264 g/mol. The Morgan fingerprint density at radius 1 is 1.42 bits per heavy atom. The van der Waals surface area contributed by atoms with Crippen molar-refractivity contribution in [3.63, 3.8) is 0 Å². The van der Waals surface area contributed by atoms with Crippen molar-refractivity contribution in [3.8, 4) is 0 Å². The van der Waals surface area contributed by atoms with Crippen molar-refractivity contribution < 1.29 is 0 Å². The number of aromatic nitrogens is 2. The second-order valence-corrected chi connectivity index (χ2v) is 3.86. The van der Waals surface area contributed by atoms with E-state index >= 15 is 0 Å². The van der Waals surface area contributed by atoms with E-state index < -0.39 is 0 Å². The summed E-state index contributed by atoms with van der Waals surface area (Å²) in [4.78, 5) is 7.02. The van der Waals surface area contributed by atoms with Crippen molar-refractivity contribution in [2.75, 3.05) is 0 Å². The molecule has 1 aromatic heterocycles. The molecule has 0 fully saturated rings. The van der Waals surface area contributed by atoms with Crippen molar-refractivity contribution in [1.29, 1.82) is 0 Å². The van der Waals surface area contributed by atoms with E-state index in [1.165, 1.54) is 0 Å². The number of aromatic amines is 1. The van der Waals surface area contributed by atoms with E-state index in [0.717, 1.165) is 15.5 Å². The SMILES string of the molecule is Clc1cc2[nH]cnc2c(Br)c1Cl. The second kappa shape index (κ2) is 2.91. The number of nitrogens with zero attached hydrogens (tertiary/aromatic N) is 1. The molecular weight excluding hydrogens is 263 g/mol. The lowest BCUT2D eigenvalue weighted by molar-refractivity contribution is 1.34. The molecule has 0 amide bonds. The fourth-order valence-corrected chi connectivity index (χ4v) is 1.98. The molecule has 12 heavy (non-hydrogen) atoms. The van der Waals surface area contributed by atoms with E-state index in [0.29, 0.717) is 10.0 Å². The lowest BCUT2D eigenvalue weighted by atomic mass is 10.3. The first kappa shape index (κ1) is 8.35. The molecule has 0 aliphatic heterocycles. The molecule has 0 spiro atoms. The Morgan fingerprint density at radius 2 is 2.17 bits per heavy atom. The molecule has 1 N–H and O–H groups in total. The van der Waals surface area contributed by atoms with E-state index in [2.05, 4.69) is 25.9 Å². The van der Waals surface area contributed by atoms with Gasteiger partial charge in [-0.2, -0.15) is 0 Å². The van der Waals surface area contributed by atoms with Crippen LogP contribution in [0.25, 0.3) is 11.0 Å². The van der Waals surface area contributed by atoms with Gasteiger partial charge in [-0.05, 0) is 22.0 Å². The highest BCUT2D eigenvalue weighted by Crippen LogP contribution is 2.35. The lowest BCUT2D eigenvalue weighted by Crippen LogP contribution is -1.76. The van der Waals surface area contributed by atoms with Gasteiger partial charge in [0.15, 0.2) is 0 Å². The number of imidazole rings is 1. The fraction of sp³-hybridized carbons (Fsp3) is 0. The van der Waals surface area contributed by atoms with Crippen molar-refractivity contribution in [3.05, 3.63) is 26.9 Å². The lowest BCUT2D eigenvalue weighted by Gasteiger charge is -1.98. The van der Waals surface area contributed by atoms with Crippen LogP contribution in [0.4, 0.5) is 0 Å². The van der Waals surface area contributed by atoms with E-state index in [1.54, 1.807) is 12.4 Å². The number of halogens is 3. The van der Waals surface area contributed by atoms with Crippen LogP contribution in [-0.4, -0.2) is 9.97 Å². The number of nitrogens with one attached hydrogen (secondary N) is 1. The maximum Gasteiger partial charge on any atom is 0.104 e. The predicted octanol–water partition coefficient (Wildman–Crippen LogP) is 3.63. The third-order valence-electron chi connectivity index (χ3n) is 1.55. The van der Waals surface area contributed by atoms with Crippen LogP contribution in [0.1, 0.15) is 0 Å². The van der Waals surface area contributed by atoms with Gasteiger partial charge < -0.3 is 4.98 Å². The Hall–Kier alpha value is -0.250. The standard InChI is InChI=1S/C7H3BrCl2N2/c8-5-6(10)3(9)1-4-7(5)12-2-11-4/h1-2H,(H,11,12). The Bertz CT molecular complexity index is 438. The molecule has 2 aromatic rings. The molecule has 0 saturated heterocycles. The zero-order valence-electron chi connectivity index (χ0n) is 5.74. The van der Waals surface area contributed by atoms with E-state index in [1.807, 2.05) is 0 Å². The quantitative estimate of drug-likeness (QED) is 0.724. The van der Waals surface area contributed by atoms with Crippen LogP contribution >= 0.6 is 39.1 Å². The number of H-pyrrole nitrogens is 1. The number of hydrogen-bond acceptors (Lipinski definition) is 1. The van der Waals surface area contributed by atoms with Crippen LogP contribution in [-0.2, 0) is 0 Å². The van der Waals surface area contributed by atoms with Gasteiger partial charge in [0, 0.05) is 0 Å². The van der Waals surface area contributed by atoms with Crippen LogP contribution in [0.2, 0.25) is 10.0 Å². The van der Waals surface area contributed by atoms with Crippen LogP contribution in [0.15, 0.2) is 16.9 Å². The zero-order valence-corrected chi connectivity index (χ0v) is 8.83. The van der Waals surface area contributed by atoms with E-state index in [4.69, 9.17) is 23.2 Å². The molecule has 0 radical (unpaired) electrons. The summed E-state index contributed by atoms with van der Waals surface area (Å²) in [5.74, 6) is 0. The number of hydrogen-bond donors (Lipinski definition) is 1. The Labute approximate surface area is 87.0 Å². The second-order valence-electron chi connectivity index (χ2n) is 2.29. The molecular formula is C7H3BrCl2N2. The largest absolute Gasteiger partial charge is 0.345 e. The average molecular weight is 266 g/mol. The maximum absolute atomic E-state index is 5.88. The first-order valence-corrected chi connectivity index (χ1v) is 4.71. The highest BCUT2D eigenvalue weighted by molar-refractivity contribution is 9.10. The molecule has 1 heterocycles. The van der Waals surface area contributed by atoms with Gasteiger partial charge >= 0.3 is 0 Å². The first-order chi connectivity index (χ1) is 5.70. The van der Waals surface area contributed by atoms with Crippen molar-refractivity contribution in [2.24, 2.45) is 0 Å². The van der Waals surface area contributed by atoms with Crippen LogP contribution < -0.4 is 0 Å². The molecule has 1 aromatic carbocycles. The summed E-state index contributed by atoms with van der Waals surface area (Å²) in [6.07, 6.45) is 1.60. The summed E-state index contributed by atoms with van der Waals surface area (Å²) in [5, 5.41) is 1.01. The van der Waals surface area contributed by atoms with Crippen molar-refractivity contribution in [2.45, 2.75) is 0 Å². The molecule has 0 aliphatic rings. The van der Waals surface area contributed by atoms with Gasteiger partial charge in [0.2, 0.25) is 0 Å². The summed E-state index contributed by atoms with van der Waals surface area (Å²) >= 11 is 15.0. The average Bonchev–Trinajstić information content (AvgIpc) is 2.48. The van der Waals surface area contributed by atoms with Crippen LogP contribution in [0, 0.1) is 0 Å². The molecule has 5 heteroatoms. The van der Waals surface area contributed by atoms with Gasteiger partial charge in [-0.25, -0.2) is 4.98 Å². The normalized spacial score (nSPS) is 10.9. The third-order valence-corrected chi connectivity index (χ3v) is 3.34. The minimum absolute atomic E-state index is 0.497. The van der Waals surface area contributed by atoms with E-state index in [-0.39, 0.29) is 0 Å². The molecule has 0 unspecified atom stereocenters. The summed E-state index contributed by atoms with van der Waals surface area (Å²) in [6, 6.07) is 1.75. The Balaban J connectivity index is 2.94. The van der Waals surface area contributed by atoms with Crippen molar-refractivity contribution in [1.82, 2.24) is 9.97 Å². The van der Waals surface area contributed by atoms with Gasteiger partial charge in [0.25, 0.3) is 0 Å². The molecule has 0 aliphatic carbocycles. The molecule has 0 atom stereocenters. The number of benzene rings is 1. The summed E-state index contributed by atoms with van der Waals surface area (Å²) in [6.45, 7) is 0. The number of fused-ring (bicyclic) bond motifs is 1. The van der Waals surface area contributed by atoms with Crippen molar-refractivity contribution >= 4 is 50.2 Å². The van der Waals surface area contributed by atoms with Gasteiger partial charge in [0.1, 0.15) is 5.52 Å². The molecule has 62 valence electrons. The highest BCUT2D eigenvalue weighted by Gasteiger charge is 2.09. The third kappa shape index (κ3) is 1.13. The van der Waals surface area contributed by atoms with Gasteiger partial charge in [0.05, 0.1) is 26.4 Å². The highest BCUT2D eigenvalue weighted by atomic mass is 79.9. The zero-order chi connectivity index (χ0) is 8.72. The Kier molecular flexibility index (Phi) is 2.02. The molecule has 0 bridgehead atoms. The van der Waals surface area contributed by atoms with Gasteiger partial charge in [-0.3, -0.25) is 0 Å². The van der Waals surface area contributed by atoms with Crippen LogP contribution in [0.3, 0.4) is 0 Å². The minimum atomic E-state index is 0.497. The maximum atomic E-state index is 5.88. The first-order valence-electron chi connectivity index (χ1n) is 3.16. The van der Waals surface area contributed by atoms with Gasteiger partial charge in [-0.1, -0.05) is 23.2 Å². The predicted molar refractivity (Wildman–Crippen MR) is 53.8 cm³/mol. The molecule has 2 nitrogen and oxygen atoms in total. The van der Waals surface area contributed by atoms with Crippen LogP contribution in [0.5, 0.6) is 0 Å². The summed E-state index contributed by atoms with van der Waals surface area (Å²) in [7, 11) is 0. The smallest absolute Gasteiger partial charge is 0.104 e. The molecule has 2 rings (SSSR count). The minimum Gasteiger partial charge on any atom is -0.345 e. The number of rotatable bonds is 0. The summed E-state index contributed by atoms with van der Waals surface area (Å²) < 4.78 is 0.730. The molecule has 0 saturated carbocycles.